The SMILES string of the molecule is Nc1c(O)c2ccc1=2. The van der Waals surface area contributed by atoms with Crippen molar-refractivity contribution in [3.63, 3.8) is 0 Å². The van der Waals surface area contributed by atoms with Gasteiger partial charge in [-0.15, -0.1) is 0 Å². The summed E-state index contributed by atoms with van der Waals surface area (Å²) in [6.45, 7) is 0. The van der Waals surface area contributed by atoms with Crippen LogP contribution in [-0.2, 0) is 0 Å². The number of rotatable bonds is 0. The molecular formula is C6H5NO. The monoisotopic (exact) mass is 107 g/mol. The van der Waals surface area contributed by atoms with Crippen LogP contribution < -0.4 is 5.73 Å². The smallest absolute Gasteiger partial charge is 0.146 e. The summed E-state index contributed by atoms with van der Waals surface area (Å²) in [6.07, 6.45) is 0. The molecule has 0 amide bonds. The van der Waals surface area contributed by atoms with E-state index in [-0.39, 0.29) is 5.75 Å². The van der Waals surface area contributed by atoms with E-state index in [4.69, 9.17) is 10.8 Å². The molecule has 0 aromatic heterocycles. The molecule has 0 heterocycles. The molecule has 2 heteroatoms. The van der Waals surface area contributed by atoms with Crippen LogP contribution in [0.25, 0.3) is 0 Å². The molecule has 0 bridgehead atoms. The van der Waals surface area contributed by atoms with Gasteiger partial charge in [0.25, 0.3) is 0 Å². The van der Waals surface area contributed by atoms with E-state index in [9.17, 15) is 0 Å². The van der Waals surface area contributed by atoms with Crippen LogP contribution in [0.3, 0.4) is 0 Å². The van der Waals surface area contributed by atoms with Gasteiger partial charge in [0.15, 0.2) is 0 Å². The number of hydrogen-bond donors (Lipinski definition) is 2. The van der Waals surface area contributed by atoms with Crippen LogP contribution in [0.15, 0.2) is 12.1 Å². The molecule has 0 aliphatic heterocycles. The van der Waals surface area contributed by atoms with Gasteiger partial charge < -0.3 is 10.8 Å². The van der Waals surface area contributed by atoms with Crippen molar-refractivity contribution in [1.29, 1.82) is 0 Å². The number of aromatic hydroxyl groups is 1. The van der Waals surface area contributed by atoms with Gasteiger partial charge in [-0.2, -0.15) is 0 Å². The largest absolute Gasteiger partial charge is 0.505 e. The van der Waals surface area contributed by atoms with Crippen LogP contribution in [0, 0.1) is 10.4 Å². The van der Waals surface area contributed by atoms with E-state index in [1.807, 2.05) is 12.1 Å². The molecule has 0 fully saturated rings. The summed E-state index contributed by atoms with van der Waals surface area (Å²) < 4.78 is 0. The number of benzene rings is 1. The summed E-state index contributed by atoms with van der Waals surface area (Å²) in [5.74, 6) is 0.266. The zero-order chi connectivity index (χ0) is 5.72. The van der Waals surface area contributed by atoms with E-state index >= 15 is 0 Å². The van der Waals surface area contributed by atoms with Crippen LogP contribution in [0.1, 0.15) is 0 Å². The molecule has 0 aromatic carbocycles. The lowest BCUT2D eigenvalue weighted by Crippen LogP contribution is -1.97. The van der Waals surface area contributed by atoms with Crippen molar-refractivity contribution in [2.75, 3.05) is 5.73 Å². The molecule has 0 saturated carbocycles. The highest BCUT2D eigenvalue weighted by atomic mass is 16.3. The van der Waals surface area contributed by atoms with Crippen molar-refractivity contribution >= 4 is 5.69 Å². The van der Waals surface area contributed by atoms with Gasteiger partial charge in [-0.3, -0.25) is 0 Å². The Morgan fingerprint density at radius 1 is 1.25 bits per heavy atom. The molecule has 2 aliphatic rings. The maximum atomic E-state index is 8.85. The molecule has 0 aromatic rings. The highest BCUT2D eigenvalue weighted by Gasteiger charge is 2.10. The van der Waals surface area contributed by atoms with Crippen LogP contribution in [0.2, 0.25) is 0 Å². The minimum Gasteiger partial charge on any atom is -0.505 e. The van der Waals surface area contributed by atoms with Crippen molar-refractivity contribution in [2.45, 2.75) is 0 Å². The summed E-state index contributed by atoms with van der Waals surface area (Å²) in [7, 11) is 0. The van der Waals surface area contributed by atoms with Crippen molar-refractivity contribution in [1.82, 2.24) is 0 Å². The highest BCUT2D eigenvalue weighted by molar-refractivity contribution is 5.63. The highest BCUT2D eigenvalue weighted by Crippen LogP contribution is 2.32. The quantitative estimate of drug-likeness (QED) is 0.382. The van der Waals surface area contributed by atoms with Crippen molar-refractivity contribution in [3.05, 3.63) is 22.6 Å². The molecule has 2 nitrogen and oxygen atoms in total. The Hall–Kier alpha value is -1.18. The molecule has 40 valence electrons. The second kappa shape index (κ2) is 0.823. The van der Waals surface area contributed by atoms with E-state index in [1.54, 1.807) is 0 Å². The number of nitrogens with two attached hydrogens (primary N) is 1. The van der Waals surface area contributed by atoms with E-state index in [1.165, 1.54) is 0 Å². The van der Waals surface area contributed by atoms with Crippen molar-refractivity contribution in [2.24, 2.45) is 0 Å². The second-order valence-corrected chi connectivity index (χ2v) is 1.92. The van der Waals surface area contributed by atoms with E-state index in [0.29, 0.717) is 5.69 Å². The topological polar surface area (TPSA) is 46.2 Å². The van der Waals surface area contributed by atoms with Gasteiger partial charge >= 0.3 is 0 Å². The summed E-state index contributed by atoms with van der Waals surface area (Å²) in [4.78, 5) is 0. The van der Waals surface area contributed by atoms with Crippen molar-refractivity contribution < 1.29 is 5.11 Å². The number of anilines is 1. The molecule has 2 aliphatic carbocycles. The number of phenols is 1. The predicted octanol–water partition coefficient (Wildman–Crippen LogP) is 0.575. The van der Waals surface area contributed by atoms with Crippen LogP contribution in [0.5, 0.6) is 5.75 Å². The summed E-state index contributed by atoms with van der Waals surface area (Å²) >= 11 is 0. The fraction of sp³-hybridized carbons (Fsp3) is 0. The Morgan fingerprint density at radius 2 is 1.88 bits per heavy atom. The Balaban J connectivity index is 2.94. The lowest BCUT2D eigenvalue weighted by atomic mass is 10.0. The predicted molar refractivity (Wildman–Crippen MR) is 30.2 cm³/mol. The van der Waals surface area contributed by atoms with Gasteiger partial charge in [0, 0.05) is 10.4 Å². The van der Waals surface area contributed by atoms with Gasteiger partial charge in [0.1, 0.15) is 5.75 Å². The first-order valence-corrected chi connectivity index (χ1v) is 2.42. The molecule has 0 saturated heterocycles. The first kappa shape index (κ1) is 3.78. The standard InChI is InChI=1S/C6H5NO/c7-5-3-1-2-4(3)6(5)8/h1-2,8H,7H2. The second-order valence-electron chi connectivity index (χ2n) is 1.92. The number of nitrogen functional groups attached to an aromatic ring is 1. The maximum absolute atomic E-state index is 8.85. The lowest BCUT2D eigenvalue weighted by molar-refractivity contribution is 0.468. The van der Waals surface area contributed by atoms with Gasteiger partial charge in [-0.05, 0) is 6.07 Å². The van der Waals surface area contributed by atoms with Crippen LogP contribution >= 0.6 is 0 Å². The third kappa shape index (κ3) is 0.179. The molecular weight excluding hydrogens is 102 g/mol. The third-order valence-electron chi connectivity index (χ3n) is 1.51. The van der Waals surface area contributed by atoms with Crippen molar-refractivity contribution in [3.8, 4) is 5.75 Å². The summed E-state index contributed by atoms with van der Waals surface area (Å²) in [5, 5.41) is 10.8. The molecule has 2 rings (SSSR count). The molecule has 0 radical (unpaired) electrons. The summed E-state index contributed by atoms with van der Waals surface area (Å²) in [5.41, 5.74) is 5.87. The van der Waals surface area contributed by atoms with Crippen LogP contribution in [0.4, 0.5) is 5.69 Å². The maximum Gasteiger partial charge on any atom is 0.146 e. The summed E-state index contributed by atoms with van der Waals surface area (Å²) in [6, 6.07) is 3.74. The fourth-order valence-electron chi connectivity index (χ4n) is 0.902. The van der Waals surface area contributed by atoms with Gasteiger partial charge in [0.2, 0.25) is 0 Å². The average molecular weight is 107 g/mol. The lowest BCUT2D eigenvalue weighted by Gasteiger charge is -2.09. The van der Waals surface area contributed by atoms with E-state index in [0.717, 1.165) is 10.4 Å². The Labute approximate surface area is 45.9 Å². The normalized spacial score (nSPS) is 11.5. The van der Waals surface area contributed by atoms with E-state index < -0.39 is 0 Å². The van der Waals surface area contributed by atoms with Crippen LogP contribution in [-0.4, -0.2) is 5.11 Å². The Morgan fingerprint density at radius 3 is 2.00 bits per heavy atom. The van der Waals surface area contributed by atoms with Gasteiger partial charge in [0.05, 0.1) is 5.69 Å². The minimum atomic E-state index is 0.266. The molecule has 0 spiro atoms. The Kier molecular flexibility index (Phi) is 0.388. The minimum absolute atomic E-state index is 0.266. The fourth-order valence-corrected chi connectivity index (χ4v) is 0.902. The Bertz CT molecular complexity index is 296. The molecule has 0 atom stereocenters. The zero-order valence-electron chi connectivity index (χ0n) is 4.18. The zero-order valence-corrected chi connectivity index (χ0v) is 4.18. The molecule has 3 N–H and O–H groups in total. The first-order valence-electron chi connectivity index (χ1n) is 2.42. The number of hydrogen-bond acceptors (Lipinski definition) is 2. The third-order valence-corrected chi connectivity index (χ3v) is 1.51. The average Bonchev–Trinajstić information content (AvgIpc) is 1.64. The van der Waals surface area contributed by atoms with Gasteiger partial charge in [-0.25, -0.2) is 0 Å². The van der Waals surface area contributed by atoms with Gasteiger partial charge in [-0.1, -0.05) is 6.07 Å². The van der Waals surface area contributed by atoms with E-state index in [2.05, 4.69) is 0 Å². The first-order chi connectivity index (χ1) is 3.80. The molecule has 8 heavy (non-hydrogen) atoms. The molecule has 0 unspecified atom stereocenters. The number of phenolic OH excluding ortho intramolecular Hbond substituents is 1.